The van der Waals surface area contributed by atoms with Crippen LogP contribution < -0.4 is 4.74 Å². The Kier molecular flexibility index (Phi) is 4.99. The zero-order valence-corrected chi connectivity index (χ0v) is 12.4. The average molecular weight is 284 g/mol. The molecule has 1 unspecified atom stereocenters. The SMILES string of the molecule is CCC(C)COc1cc(C(=O)O)ccc1-c1ccccc1. The lowest BCUT2D eigenvalue weighted by molar-refractivity contribution is 0.0696. The van der Waals surface area contributed by atoms with Gasteiger partial charge in [-0.05, 0) is 29.7 Å². The Bertz CT molecular complexity index is 605. The number of aromatic carboxylic acids is 1. The molecule has 0 fully saturated rings. The van der Waals surface area contributed by atoms with Crippen LogP contribution >= 0.6 is 0 Å². The number of hydrogen-bond donors (Lipinski definition) is 1. The van der Waals surface area contributed by atoms with Crippen molar-refractivity contribution in [3.63, 3.8) is 0 Å². The monoisotopic (exact) mass is 284 g/mol. The fraction of sp³-hybridized carbons (Fsp3) is 0.278. The van der Waals surface area contributed by atoms with Crippen LogP contribution in [-0.2, 0) is 0 Å². The van der Waals surface area contributed by atoms with E-state index in [0.717, 1.165) is 17.5 Å². The molecule has 2 aromatic carbocycles. The van der Waals surface area contributed by atoms with Crippen LogP contribution in [-0.4, -0.2) is 17.7 Å². The van der Waals surface area contributed by atoms with Crippen molar-refractivity contribution in [3.05, 3.63) is 54.1 Å². The molecule has 1 atom stereocenters. The predicted molar refractivity (Wildman–Crippen MR) is 83.8 cm³/mol. The van der Waals surface area contributed by atoms with Crippen molar-refractivity contribution in [2.75, 3.05) is 6.61 Å². The average Bonchev–Trinajstić information content (AvgIpc) is 2.53. The quantitative estimate of drug-likeness (QED) is 0.851. The lowest BCUT2D eigenvalue weighted by atomic mass is 10.0. The summed E-state index contributed by atoms with van der Waals surface area (Å²) in [6.45, 7) is 4.81. The molecular weight excluding hydrogens is 264 g/mol. The molecule has 0 saturated heterocycles. The Labute approximate surface area is 125 Å². The van der Waals surface area contributed by atoms with Crippen molar-refractivity contribution in [2.24, 2.45) is 5.92 Å². The van der Waals surface area contributed by atoms with Crippen LogP contribution in [0.3, 0.4) is 0 Å². The van der Waals surface area contributed by atoms with Gasteiger partial charge < -0.3 is 9.84 Å². The van der Waals surface area contributed by atoms with E-state index in [4.69, 9.17) is 9.84 Å². The number of carboxylic acids is 1. The van der Waals surface area contributed by atoms with Crippen LogP contribution in [0.2, 0.25) is 0 Å². The van der Waals surface area contributed by atoms with E-state index in [1.165, 1.54) is 0 Å². The van der Waals surface area contributed by atoms with E-state index in [1.807, 2.05) is 36.4 Å². The molecule has 0 aliphatic heterocycles. The van der Waals surface area contributed by atoms with E-state index in [1.54, 1.807) is 12.1 Å². The lowest BCUT2D eigenvalue weighted by Gasteiger charge is -2.15. The Balaban J connectivity index is 2.37. The molecule has 0 amide bonds. The summed E-state index contributed by atoms with van der Waals surface area (Å²) in [5.74, 6) is 0.117. The molecule has 3 nitrogen and oxygen atoms in total. The fourth-order valence-corrected chi connectivity index (χ4v) is 1.98. The third kappa shape index (κ3) is 3.85. The third-order valence-corrected chi connectivity index (χ3v) is 3.53. The lowest BCUT2D eigenvalue weighted by Crippen LogP contribution is -2.08. The van der Waals surface area contributed by atoms with Crippen LogP contribution in [0, 0.1) is 5.92 Å². The van der Waals surface area contributed by atoms with Crippen LogP contribution in [0.15, 0.2) is 48.5 Å². The van der Waals surface area contributed by atoms with E-state index >= 15 is 0 Å². The van der Waals surface area contributed by atoms with E-state index in [2.05, 4.69) is 13.8 Å². The zero-order valence-electron chi connectivity index (χ0n) is 12.4. The van der Waals surface area contributed by atoms with Crippen molar-refractivity contribution in [3.8, 4) is 16.9 Å². The number of rotatable bonds is 6. The van der Waals surface area contributed by atoms with Crippen molar-refractivity contribution in [2.45, 2.75) is 20.3 Å². The highest BCUT2D eigenvalue weighted by Gasteiger charge is 2.12. The number of hydrogen-bond acceptors (Lipinski definition) is 2. The van der Waals surface area contributed by atoms with Gasteiger partial charge in [0.1, 0.15) is 5.75 Å². The van der Waals surface area contributed by atoms with E-state index in [0.29, 0.717) is 18.3 Å². The standard InChI is InChI=1S/C18H20O3/c1-3-13(2)12-21-17-11-15(18(19)20)9-10-16(17)14-7-5-4-6-8-14/h4-11,13H,3,12H2,1-2H3,(H,19,20). The first-order chi connectivity index (χ1) is 10.1. The highest BCUT2D eigenvalue weighted by Crippen LogP contribution is 2.31. The van der Waals surface area contributed by atoms with Crippen LogP contribution in [0.5, 0.6) is 5.75 Å². The molecule has 0 radical (unpaired) electrons. The molecule has 21 heavy (non-hydrogen) atoms. The molecule has 110 valence electrons. The molecule has 0 heterocycles. The normalized spacial score (nSPS) is 11.9. The van der Waals surface area contributed by atoms with Crippen LogP contribution in [0.25, 0.3) is 11.1 Å². The Morgan fingerprint density at radius 3 is 2.52 bits per heavy atom. The van der Waals surface area contributed by atoms with E-state index in [9.17, 15) is 4.79 Å². The first-order valence-electron chi connectivity index (χ1n) is 7.17. The third-order valence-electron chi connectivity index (χ3n) is 3.53. The maximum atomic E-state index is 11.1. The van der Waals surface area contributed by atoms with Gasteiger partial charge in [-0.1, -0.05) is 50.6 Å². The largest absolute Gasteiger partial charge is 0.493 e. The summed E-state index contributed by atoms with van der Waals surface area (Å²) in [5, 5.41) is 9.14. The maximum Gasteiger partial charge on any atom is 0.335 e. The van der Waals surface area contributed by atoms with Gasteiger partial charge in [-0.25, -0.2) is 4.79 Å². The fourth-order valence-electron chi connectivity index (χ4n) is 1.98. The second-order valence-electron chi connectivity index (χ2n) is 5.21. The molecule has 0 aromatic heterocycles. The highest BCUT2D eigenvalue weighted by atomic mass is 16.5. The van der Waals surface area contributed by atoms with Gasteiger partial charge in [-0.3, -0.25) is 0 Å². The topological polar surface area (TPSA) is 46.5 Å². The Hall–Kier alpha value is -2.29. The van der Waals surface area contributed by atoms with Gasteiger partial charge in [0.2, 0.25) is 0 Å². The van der Waals surface area contributed by atoms with Gasteiger partial charge in [-0.15, -0.1) is 0 Å². The molecular formula is C18H20O3. The van der Waals surface area contributed by atoms with Gasteiger partial charge in [0, 0.05) is 5.56 Å². The number of carbonyl (C=O) groups is 1. The van der Waals surface area contributed by atoms with Crippen molar-refractivity contribution < 1.29 is 14.6 Å². The highest BCUT2D eigenvalue weighted by molar-refractivity contribution is 5.89. The van der Waals surface area contributed by atoms with Crippen LogP contribution in [0.1, 0.15) is 30.6 Å². The minimum atomic E-state index is -0.942. The number of ether oxygens (including phenoxy) is 1. The molecule has 0 bridgehead atoms. The Morgan fingerprint density at radius 2 is 1.90 bits per heavy atom. The smallest absolute Gasteiger partial charge is 0.335 e. The summed E-state index contributed by atoms with van der Waals surface area (Å²) >= 11 is 0. The predicted octanol–water partition coefficient (Wildman–Crippen LogP) is 4.48. The van der Waals surface area contributed by atoms with E-state index in [-0.39, 0.29) is 5.56 Å². The minimum absolute atomic E-state index is 0.244. The summed E-state index contributed by atoms with van der Waals surface area (Å²) in [6.07, 6.45) is 1.03. The van der Waals surface area contributed by atoms with Gasteiger partial charge in [0.15, 0.2) is 0 Å². The van der Waals surface area contributed by atoms with Gasteiger partial charge in [0.25, 0.3) is 0 Å². The first kappa shape index (κ1) is 15.1. The molecule has 2 aromatic rings. The van der Waals surface area contributed by atoms with Gasteiger partial charge >= 0.3 is 5.97 Å². The second-order valence-corrected chi connectivity index (χ2v) is 5.21. The van der Waals surface area contributed by atoms with Gasteiger partial charge in [-0.2, -0.15) is 0 Å². The van der Waals surface area contributed by atoms with Crippen molar-refractivity contribution in [1.29, 1.82) is 0 Å². The van der Waals surface area contributed by atoms with Crippen LogP contribution in [0.4, 0.5) is 0 Å². The number of benzene rings is 2. The molecule has 3 heteroatoms. The second kappa shape index (κ2) is 6.93. The molecule has 0 saturated carbocycles. The first-order valence-corrected chi connectivity index (χ1v) is 7.17. The Morgan fingerprint density at radius 1 is 1.19 bits per heavy atom. The summed E-state index contributed by atoms with van der Waals surface area (Å²) < 4.78 is 5.87. The number of carboxylic acid groups (broad SMARTS) is 1. The minimum Gasteiger partial charge on any atom is -0.493 e. The summed E-state index contributed by atoms with van der Waals surface area (Å²) in [5.41, 5.74) is 2.19. The summed E-state index contributed by atoms with van der Waals surface area (Å²) in [6, 6.07) is 14.9. The zero-order chi connectivity index (χ0) is 15.2. The molecule has 0 aliphatic carbocycles. The molecule has 2 rings (SSSR count). The van der Waals surface area contributed by atoms with Crippen molar-refractivity contribution >= 4 is 5.97 Å². The van der Waals surface area contributed by atoms with E-state index < -0.39 is 5.97 Å². The van der Waals surface area contributed by atoms with Gasteiger partial charge in [0.05, 0.1) is 12.2 Å². The molecule has 1 N–H and O–H groups in total. The summed E-state index contributed by atoms with van der Waals surface area (Å²) in [7, 11) is 0. The molecule has 0 aliphatic rings. The van der Waals surface area contributed by atoms with Crippen molar-refractivity contribution in [1.82, 2.24) is 0 Å². The molecule has 0 spiro atoms. The summed E-state index contributed by atoms with van der Waals surface area (Å²) in [4.78, 5) is 11.1. The maximum absolute atomic E-state index is 11.1.